The van der Waals surface area contributed by atoms with Crippen molar-refractivity contribution in [3.05, 3.63) is 48.0 Å². The molecule has 2 atom stereocenters. The molecule has 92 valence electrons. The molecule has 2 unspecified atom stereocenters. The number of benzene rings is 2. The van der Waals surface area contributed by atoms with Gasteiger partial charge in [-0.1, -0.05) is 42.5 Å². The lowest BCUT2D eigenvalue weighted by Crippen LogP contribution is -2.20. The summed E-state index contributed by atoms with van der Waals surface area (Å²) in [6.45, 7) is 1.31. The second-order valence-corrected chi connectivity index (χ2v) is 4.82. The molecule has 2 aromatic carbocycles. The van der Waals surface area contributed by atoms with Gasteiger partial charge >= 0.3 is 5.97 Å². The first-order valence-electron chi connectivity index (χ1n) is 6.18. The van der Waals surface area contributed by atoms with E-state index in [1.54, 1.807) is 0 Å². The van der Waals surface area contributed by atoms with Crippen LogP contribution in [0.1, 0.15) is 11.5 Å². The van der Waals surface area contributed by atoms with Crippen LogP contribution >= 0.6 is 0 Å². The highest BCUT2D eigenvalue weighted by molar-refractivity contribution is 5.83. The summed E-state index contributed by atoms with van der Waals surface area (Å²) in [6.07, 6.45) is 0. The van der Waals surface area contributed by atoms with E-state index in [1.165, 1.54) is 10.8 Å². The van der Waals surface area contributed by atoms with Crippen LogP contribution in [0, 0.1) is 5.92 Å². The molecule has 0 saturated carbocycles. The number of nitrogens with one attached hydrogen (secondary N) is 1. The topological polar surface area (TPSA) is 49.3 Å². The van der Waals surface area contributed by atoms with E-state index in [0.29, 0.717) is 6.54 Å². The summed E-state index contributed by atoms with van der Waals surface area (Å²) in [4.78, 5) is 11.2. The van der Waals surface area contributed by atoms with Crippen LogP contribution in [-0.4, -0.2) is 24.2 Å². The fourth-order valence-corrected chi connectivity index (χ4v) is 2.73. The fraction of sp³-hybridized carbons (Fsp3) is 0.267. The number of fused-ring (bicyclic) bond motifs is 1. The van der Waals surface area contributed by atoms with E-state index in [0.717, 1.165) is 12.1 Å². The van der Waals surface area contributed by atoms with Gasteiger partial charge in [-0.3, -0.25) is 4.79 Å². The maximum Gasteiger partial charge on any atom is 0.308 e. The first-order valence-corrected chi connectivity index (χ1v) is 6.18. The summed E-state index contributed by atoms with van der Waals surface area (Å²) < 4.78 is 0. The van der Waals surface area contributed by atoms with E-state index in [4.69, 9.17) is 0 Å². The Morgan fingerprint density at radius 2 is 1.89 bits per heavy atom. The van der Waals surface area contributed by atoms with Crippen molar-refractivity contribution in [2.75, 3.05) is 13.1 Å². The molecule has 1 aliphatic rings. The van der Waals surface area contributed by atoms with Crippen molar-refractivity contribution in [3.63, 3.8) is 0 Å². The average molecular weight is 241 g/mol. The summed E-state index contributed by atoms with van der Waals surface area (Å²) in [7, 11) is 0. The van der Waals surface area contributed by atoms with E-state index in [1.807, 2.05) is 12.1 Å². The lowest BCUT2D eigenvalue weighted by molar-refractivity contribution is -0.141. The van der Waals surface area contributed by atoms with Crippen molar-refractivity contribution in [1.82, 2.24) is 5.32 Å². The summed E-state index contributed by atoms with van der Waals surface area (Å²) in [5.41, 5.74) is 1.12. The van der Waals surface area contributed by atoms with E-state index in [2.05, 4.69) is 35.6 Å². The highest BCUT2D eigenvalue weighted by Gasteiger charge is 2.33. The minimum Gasteiger partial charge on any atom is -0.481 e. The summed E-state index contributed by atoms with van der Waals surface area (Å²) in [5, 5.41) is 14.8. The van der Waals surface area contributed by atoms with Crippen LogP contribution in [-0.2, 0) is 4.79 Å². The monoisotopic (exact) mass is 241 g/mol. The lowest BCUT2D eigenvalue weighted by atomic mass is 9.88. The molecule has 3 heteroatoms. The molecular formula is C15H15NO2. The molecule has 0 bridgehead atoms. The predicted molar refractivity (Wildman–Crippen MR) is 70.7 cm³/mol. The van der Waals surface area contributed by atoms with Crippen molar-refractivity contribution >= 4 is 16.7 Å². The molecule has 0 spiro atoms. The Hall–Kier alpha value is -1.87. The van der Waals surface area contributed by atoms with Gasteiger partial charge in [0.05, 0.1) is 5.92 Å². The van der Waals surface area contributed by atoms with Gasteiger partial charge in [0.15, 0.2) is 0 Å². The van der Waals surface area contributed by atoms with Crippen LogP contribution in [0.4, 0.5) is 0 Å². The Balaban J connectivity index is 2.01. The molecule has 3 nitrogen and oxygen atoms in total. The van der Waals surface area contributed by atoms with Crippen LogP contribution in [0.2, 0.25) is 0 Å². The smallest absolute Gasteiger partial charge is 0.308 e. The van der Waals surface area contributed by atoms with Crippen LogP contribution in [0.15, 0.2) is 42.5 Å². The summed E-state index contributed by atoms with van der Waals surface area (Å²) in [6, 6.07) is 14.4. The van der Waals surface area contributed by atoms with Crippen molar-refractivity contribution < 1.29 is 9.90 Å². The zero-order valence-corrected chi connectivity index (χ0v) is 9.97. The number of hydrogen-bond acceptors (Lipinski definition) is 2. The quantitative estimate of drug-likeness (QED) is 0.847. The number of carboxylic acid groups (broad SMARTS) is 1. The first-order chi connectivity index (χ1) is 8.75. The van der Waals surface area contributed by atoms with Gasteiger partial charge in [-0.25, -0.2) is 0 Å². The lowest BCUT2D eigenvalue weighted by Gasteiger charge is -2.15. The minimum atomic E-state index is -0.710. The van der Waals surface area contributed by atoms with Gasteiger partial charge in [0, 0.05) is 19.0 Å². The molecule has 18 heavy (non-hydrogen) atoms. The molecule has 2 aromatic rings. The van der Waals surface area contributed by atoms with E-state index in [-0.39, 0.29) is 11.8 Å². The van der Waals surface area contributed by atoms with E-state index >= 15 is 0 Å². The van der Waals surface area contributed by atoms with Gasteiger partial charge < -0.3 is 10.4 Å². The maximum atomic E-state index is 11.2. The Labute approximate surface area is 105 Å². The molecular weight excluding hydrogens is 226 g/mol. The average Bonchev–Trinajstić information content (AvgIpc) is 2.87. The number of aliphatic carboxylic acids is 1. The Kier molecular flexibility index (Phi) is 2.76. The number of hydrogen-bond donors (Lipinski definition) is 2. The summed E-state index contributed by atoms with van der Waals surface area (Å²) >= 11 is 0. The van der Waals surface area contributed by atoms with E-state index < -0.39 is 5.97 Å². The number of carbonyl (C=O) groups is 1. The molecule has 0 aliphatic carbocycles. The van der Waals surface area contributed by atoms with Gasteiger partial charge in [0.2, 0.25) is 0 Å². The van der Waals surface area contributed by atoms with Crippen molar-refractivity contribution in [1.29, 1.82) is 0 Å². The largest absolute Gasteiger partial charge is 0.481 e. The third kappa shape index (κ3) is 1.87. The second kappa shape index (κ2) is 4.42. The maximum absolute atomic E-state index is 11.2. The third-order valence-electron chi connectivity index (χ3n) is 3.73. The summed E-state index contributed by atoms with van der Waals surface area (Å²) in [5.74, 6) is -0.948. The Bertz CT molecular complexity index is 594. The molecule has 0 amide bonds. The van der Waals surface area contributed by atoms with Crippen molar-refractivity contribution in [2.45, 2.75) is 5.92 Å². The minimum absolute atomic E-state index is 0.0760. The van der Waals surface area contributed by atoms with Crippen LogP contribution in [0.5, 0.6) is 0 Å². The number of carboxylic acids is 1. The van der Waals surface area contributed by atoms with Gasteiger partial charge in [-0.15, -0.1) is 0 Å². The Morgan fingerprint density at radius 3 is 2.67 bits per heavy atom. The van der Waals surface area contributed by atoms with Gasteiger partial charge in [0.25, 0.3) is 0 Å². The van der Waals surface area contributed by atoms with Gasteiger partial charge in [0.1, 0.15) is 0 Å². The Morgan fingerprint density at radius 1 is 1.11 bits per heavy atom. The van der Waals surface area contributed by atoms with Crippen molar-refractivity contribution in [3.8, 4) is 0 Å². The highest BCUT2D eigenvalue weighted by Crippen LogP contribution is 2.30. The number of rotatable bonds is 2. The third-order valence-corrected chi connectivity index (χ3v) is 3.73. The first kappa shape index (κ1) is 11.2. The fourth-order valence-electron chi connectivity index (χ4n) is 2.73. The standard InChI is InChI=1S/C15H15NO2/c17-15(18)14-9-16-8-13(14)12-6-5-10-3-1-2-4-11(10)7-12/h1-7,13-14,16H,8-9H2,(H,17,18). The second-order valence-electron chi connectivity index (χ2n) is 4.82. The molecule has 1 saturated heterocycles. The highest BCUT2D eigenvalue weighted by atomic mass is 16.4. The molecule has 3 rings (SSSR count). The van der Waals surface area contributed by atoms with E-state index in [9.17, 15) is 9.90 Å². The SMILES string of the molecule is O=C(O)C1CNCC1c1ccc2ccccc2c1. The normalized spacial score (nSPS) is 23.3. The molecule has 1 aliphatic heterocycles. The van der Waals surface area contributed by atoms with Crippen LogP contribution in [0.25, 0.3) is 10.8 Å². The molecule has 1 fully saturated rings. The molecule has 0 radical (unpaired) electrons. The van der Waals surface area contributed by atoms with Crippen LogP contribution < -0.4 is 5.32 Å². The van der Waals surface area contributed by atoms with Gasteiger partial charge in [-0.2, -0.15) is 0 Å². The predicted octanol–water partition coefficient (Wildman–Crippen LogP) is 2.23. The van der Waals surface area contributed by atoms with Gasteiger partial charge in [-0.05, 0) is 16.3 Å². The zero-order valence-electron chi connectivity index (χ0n) is 9.97. The molecule has 1 heterocycles. The zero-order chi connectivity index (χ0) is 12.5. The van der Waals surface area contributed by atoms with Crippen LogP contribution in [0.3, 0.4) is 0 Å². The molecule has 2 N–H and O–H groups in total. The van der Waals surface area contributed by atoms with Crippen molar-refractivity contribution in [2.24, 2.45) is 5.92 Å². The molecule has 0 aromatic heterocycles.